The number of anilines is 1. The molecule has 30 heavy (non-hydrogen) atoms. The average molecular weight is 412 g/mol. The number of halogens is 2. The Bertz CT molecular complexity index is 1100. The van der Waals surface area contributed by atoms with Crippen LogP contribution in [0.2, 0.25) is 0 Å². The third-order valence-electron chi connectivity index (χ3n) is 4.23. The van der Waals surface area contributed by atoms with Gasteiger partial charge in [-0.15, -0.1) is 0 Å². The first-order chi connectivity index (χ1) is 14.4. The number of amides is 2. The van der Waals surface area contributed by atoms with E-state index in [1.807, 2.05) is 42.5 Å². The molecule has 0 unspecified atom stereocenters. The fourth-order valence-electron chi connectivity index (χ4n) is 2.81. The number of hydrogen-bond acceptors (Lipinski definition) is 4. The van der Waals surface area contributed by atoms with Crippen LogP contribution in [0.4, 0.5) is 14.5 Å². The van der Waals surface area contributed by atoms with Gasteiger partial charge >= 0.3 is 5.97 Å². The van der Waals surface area contributed by atoms with Gasteiger partial charge in [0.15, 0.2) is 18.2 Å². The Morgan fingerprint density at radius 3 is 2.43 bits per heavy atom. The molecule has 3 aromatic rings. The zero-order valence-corrected chi connectivity index (χ0v) is 15.8. The summed E-state index contributed by atoms with van der Waals surface area (Å²) >= 11 is 0. The van der Waals surface area contributed by atoms with E-state index in [1.54, 1.807) is 0 Å². The van der Waals surface area contributed by atoms with Gasteiger partial charge in [0.25, 0.3) is 5.91 Å². The van der Waals surface area contributed by atoms with Crippen molar-refractivity contribution in [2.24, 2.45) is 0 Å². The van der Waals surface area contributed by atoms with Gasteiger partial charge in [-0.05, 0) is 28.5 Å². The predicted octanol–water partition coefficient (Wildman–Crippen LogP) is 2.96. The number of carbonyl (C=O) groups is 3. The van der Waals surface area contributed by atoms with Crippen LogP contribution in [0.25, 0.3) is 10.8 Å². The molecule has 8 heteroatoms. The summed E-state index contributed by atoms with van der Waals surface area (Å²) in [7, 11) is 0. The van der Waals surface area contributed by atoms with Crippen LogP contribution in [0.3, 0.4) is 0 Å². The van der Waals surface area contributed by atoms with Crippen molar-refractivity contribution in [1.29, 1.82) is 0 Å². The number of ether oxygens (including phenoxy) is 1. The molecular weight excluding hydrogens is 394 g/mol. The topological polar surface area (TPSA) is 84.5 Å². The molecule has 6 nitrogen and oxygen atoms in total. The van der Waals surface area contributed by atoms with Crippen LogP contribution in [-0.4, -0.2) is 30.9 Å². The van der Waals surface area contributed by atoms with E-state index in [0.717, 1.165) is 28.5 Å². The third kappa shape index (κ3) is 5.60. The maximum Gasteiger partial charge on any atom is 0.310 e. The first-order valence-electron chi connectivity index (χ1n) is 9.06. The molecule has 0 aromatic heterocycles. The van der Waals surface area contributed by atoms with Crippen molar-refractivity contribution in [2.45, 2.75) is 6.42 Å². The maximum absolute atomic E-state index is 13.1. The van der Waals surface area contributed by atoms with E-state index in [-0.39, 0.29) is 12.1 Å². The third-order valence-corrected chi connectivity index (χ3v) is 4.23. The van der Waals surface area contributed by atoms with Gasteiger partial charge in [0.1, 0.15) is 0 Å². The summed E-state index contributed by atoms with van der Waals surface area (Å²) in [5.41, 5.74) is 0.832. The number of benzene rings is 3. The first-order valence-corrected chi connectivity index (χ1v) is 9.06. The van der Waals surface area contributed by atoms with Crippen LogP contribution in [0.1, 0.15) is 5.56 Å². The molecule has 0 saturated heterocycles. The van der Waals surface area contributed by atoms with Gasteiger partial charge in [-0.1, -0.05) is 42.5 Å². The van der Waals surface area contributed by atoms with Crippen molar-refractivity contribution in [3.8, 4) is 0 Å². The van der Waals surface area contributed by atoms with Gasteiger partial charge in [0.05, 0.1) is 13.0 Å². The number of carbonyl (C=O) groups excluding carboxylic acids is 3. The van der Waals surface area contributed by atoms with Crippen molar-refractivity contribution in [3.63, 3.8) is 0 Å². The SMILES string of the molecule is O=C(COC(=O)Cc1cccc2ccccc12)NCC(=O)Nc1ccc(F)c(F)c1. The highest BCUT2D eigenvalue weighted by Gasteiger charge is 2.12. The molecule has 0 aliphatic carbocycles. The first kappa shape index (κ1) is 20.9. The highest BCUT2D eigenvalue weighted by atomic mass is 19.2. The Hall–Kier alpha value is -3.81. The summed E-state index contributed by atoms with van der Waals surface area (Å²) in [5.74, 6) is -4.02. The fraction of sp³-hybridized carbons (Fsp3) is 0.136. The van der Waals surface area contributed by atoms with Crippen molar-refractivity contribution in [1.82, 2.24) is 5.32 Å². The van der Waals surface area contributed by atoms with Gasteiger partial charge in [-0.25, -0.2) is 8.78 Å². The normalized spacial score (nSPS) is 10.5. The minimum absolute atomic E-state index is 0.00521. The van der Waals surface area contributed by atoms with E-state index in [4.69, 9.17) is 4.74 Å². The van der Waals surface area contributed by atoms with Crippen LogP contribution in [0, 0.1) is 11.6 Å². The van der Waals surface area contributed by atoms with Gasteiger partial charge in [0, 0.05) is 11.8 Å². The molecule has 3 rings (SSSR count). The number of esters is 1. The monoisotopic (exact) mass is 412 g/mol. The highest BCUT2D eigenvalue weighted by molar-refractivity contribution is 5.95. The lowest BCUT2D eigenvalue weighted by atomic mass is 10.0. The molecule has 2 N–H and O–H groups in total. The highest BCUT2D eigenvalue weighted by Crippen LogP contribution is 2.19. The van der Waals surface area contributed by atoms with Crippen molar-refractivity contribution < 1.29 is 27.9 Å². The van der Waals surface area contributed by atoms with E-state index in [9.17, 15) is 23.2 Å². The van der Waals surface area contributed by atoms with E-state index in [0.29, 0.717) is 0 Å². The molecule has 154 valence electrons. The average Bonchev–Trinajstić information content (AvgIpc) is 2.74. The molecule has 0 fully saturated rings. The summed E-state index contributed by atoms with van der Waals surface area (Å²) in [6.07, 6.45) is 0.00521. The van der Waals surface area contributed by atoms with Gasteiger partial charge in [-0.2, -0.15) is 0 Å². The lowest BCUT2D eigenvalue weighted by molar-refractivity contribution is -0.147. The van der Waals surface area contributed by atoms with E-state index in [1.165, 1.54) is 6.07 Å². The standard InChI is InChI=1S/C22H18F2N2O4/c23-18-9-8-16(11-19(18)24)26-20(27)12-25-21(28)13-30-22(29)10-15-6-3-5-14-4-1-2-7-17(14)15/h1-9,11H,10,12-13H2,(H,25,28)(H,26,27). The molecule has 0 aliphatic heterocycles. The Labute approximate surface area is 170 Å². The Kier molecular flexibility index (Phi) is 6.69. The second-order valence-corrected chi connectivity index (χ2v) is 6.43. The number of hydrogen-bond donors (Lipinski definition) is 2. The zero-order valence-electron chi connectivity index (χ0n) is 15.8. The Morgan fingerprint density at radius 1 is 0.867 bits per heavy atom. The van der Waals surface area contributed by atoms with Crippen LogP contribution >= 0.6 is 0 Å². The second-order valence-electron chi connectivity index (χ2n) is 6.43. The van der Waals surface area contributed by atoms with E-state index in [2.05, 4.69) is 10.6 Å². The van der Waals surface area contributed by atoms with E-state index >= 15 is 0 Å². The van der Waals surface area contributed by atoms with Crippen molar-refractivity contribution in [3.05, 3.63) is 77.9 Å². The predicted molar refractivity (Wildman–Crippen MR) is 107 cm³/mol. The number of nitrogens with one attached hydrogen (secondary N) is 2. The van der Waals surface area contributed by atoms with Gasteiger partial charge in [0.2, 0.25) is 5.91 Å². The van der Waals surface area contributed by atoms with Crippen molar-refractivity contribution >= 4 is 34.2 Å². The van der Waals surface area contributed by atoms with Crippen LogP contribution in [0.15, 0.2) is 60.7 Å². The lowest BCUT2D eigenvalue weighted by Gasteiger charge is -2.09. The quantitative estimate of drug-likeness (QED) is 0.585. The van der Waals surface area contributed by atoms with Gasteiger partial charge in [-0.3, -0.25) is 14.4 Å². The smallest absolute Gasteiger partial charge is 0.310 e. The Morgan fingerprint density at radius 2 is 1.63 bits per heavy atom. The number of fused-ring (bicyclic) bond motifs is 1. The zero-order chi connectivity index (χ0) is 21.5. The van der Waals surface area contributed by atoms with Crippen LogP contribution in [-0.2, 0) is 25.5 Å². The molecule has 0 saturated carbocycles. The van der Waals surface area contributed by atoms with Crippen molar-refractivity contribution in [2.75, 3.05) is 18.5 Å². The number of rotatable bonds is 7. The molecule has 3 aromatic carbocycles. The largest absolute Gasteiger partial charge is 0.455 e. The summed E-state index contributed by atoms with van der Waals surface area (Å²) in [6, 6.07) is 16.1. The molecule has 0 radical (unpaired) electrons. The molecule has 0 spiro atoms. The second kappa shape index (κ2) is 9.60. The van der Waals surface area contributed by atoms with E-state index < -0.39 is 42.6 Å². The molecule has 0 aliphatic rings. The summed E-state index contributed by atoms with van der Waals surface area (Å²) < 4.78 is 30.9. The molecular formula is C22H18F2N2O4. The van der Waals surface area contributed by atoms with Crippen LogP contribution < -0.4 is 10.6 Å². The fourth-order valence-corrected chi connectivity index (χ4v) is 2.81. The van der Waals surface area contributed by atoms with Crippen LogP contribution in [0.5, 0.6) is 0 Å². The summed E-state index contributed by atoms with van der Waals surface area (Å²) in [4.78, 5) is 35.6. The summed E-state index contributed by atoms with van der Waals surface area (Å²) in [5, 5.41) is 6.51. The maximum atomic E-state index is 13.1. The Balaban J connectivity index is 1.43. The minimum atomic E-state index is -1.10. The minimum Gasteiger partial charge on any atom is -0.455 e. The molecule has 0 bridgehead atoms. The summed E-state index contributed by atoms with van der Waals surface area (Å²) in [6.45, 7) is -0.958. The van der Waals surface area contributed by atoms with Gasteiger partial charge < -0.3 is 15.4 Å². The lowest BCUT2D eigenvalue weighted by Crippen LogP contribution is -2.35. The molecule has 0 heterocycles. The molecule has 2 amide bonds. The molecule has 0 atom stereocenters.